The molecule has 6 unspecified atom stereocenters. The van der Waals surface area contributed by atoms with Crippen molar-refractivity contribution in [3.63, 3.8) is 0 Å². The molecule has 4 aromatic rings. The van der Waals surface area contributed by atoms with Crippen LogP contribution < -0.4 is 11.3 Å². The molecule has 0 radical (unpaired) electrons. The number of phosphoric ester groups is 1. The van der Waals surface area contributed by atoms with Gasteiger partial charge in [-0.1, -0.05) is 0 Å². The van der Waals surface area contributed by atoms with Crippen molar-refractivity contribution < 1.29 is 51.8 Å². The van der Waals surface area contributed by atoms with Gasteiger partial charge in [0.25, 0.3) is 5.56 Å². The van der Waals surface area contributed by atoms with E-state index in [0.29, 0.717) is 0 Å². The first kappa shape index (κ1) is 29.5. The maximum atomic E-state index is 13.5. The van der Waals surface area contributed by atoms with Crippen LogP contribution >= 0.6 is 15.4 Å². The molecule has 0 amide bonds. The maximum Gasteiger partial charge on any atom is 0.472 e. The molecule has 4 aromatic heterocycles. The maximum absolute atomic E-state index is 13.5. The number of phosphoric acid groups is 1. The number of nitrogen functional groups attached to an aromatic ring is 1. The molecule has 3 saturated heterocycles. The lowest BCUT2D eigenvalue weighted by atomic mass is 10.1. The Hall–Kier alpha value is -3.20. The lowest BCUT2D eigenvalue weighted by molar-refractivity contribution is -0.0642. The number of nitrogens with one attached hydrogen (secondary N) is 1. The quantitative estimate of drug-likeness (QED) is 0.158. The zero-order valence-corrected chi connectivity index (χ0v) is 24.2. The third-order valence-corrected chi connectivity index (χ3v) is 9.60. The van der Waals surface area contributed by atoms with Gasteiger partial charge in [-0.05, 0) is 0 Å². The number of imidazole rings is 2. The molecular formula is C21H25N9O12P2. The minimum Gasteiger partial charge on any atom is -0.387 e. The predicted molar refractivity (Wildman–Crippen MR) is 143 cm³/mol. The fourth-order valence-electron chi connectivity index (χ4n) is 5.32. The SMILES string of the molecule is CP1(=O)OCC2OC(n3cnc4c(=O)[nH]cnc43)[C@H](OP(=O)(O)OCC3OC(n4cnc5c(N)ncnc54)[C@H](O)[C@@H]3O1)[C@@H]2O. The van der Waals surface area contributed by atoms with Gasteiger partial charge < -0.3 is 39.8 Å². The van der Waals surface area contributed by atoms with Crippen molar-refractivity contribution in [2.24, 2.45) is 0 Å². The van der Waals surface area contributed by atoms with Crippen molar-refractivity contribution in [3.05, 3.63) is 35.7 Å². The first-order chi connectivity index (χ1) is 20.9. The minimum atomic E-state index is -5.02. The number of nitrogens with zero attached hydrogens (tertiary/aromatic N) is 7. The van der Waals surface area contributed by atoms with Crippen LogP contribution in [0.15, 0.2) is 30.1 Å². The van der Waals surface area contributed by atoms with Crippen molar-refractivity contribution in [2.75, 3.05) is 25.6 Å². The molecule has 44 heavy (non-hydrogen) atoms. The number of aliphatic hydroxyl groups excluding tert-OH is 2. The normalized spacial score (nSPS) is 38.3. The van der Waals surface area contributed by atoms with Gasteiger partial charge in [0.15, 0.2) is 35.1 Å². The minimum absolute atomic E-state index is 0.0294. The molecule has 2 bridgehead atoms. The Bertz CT molecular complexity index is 1880. The van der Waals surface area contributed by atoms with Crippen LogP contribution in [-0.2, 0) is 36.7 Å². The summed E-state index contributed by atoms with van der Waals surface area (Å²) in [6.45, 7) is -0.116. The van der Waals surface area contributed by atoms with Gasteiger partial charge in [0.2, 0.25) is 0 Å². The van der Waals surface area contributed by atoms with Crippen LogP contribution in [0.3, 0.4) is 0 Å². The number of aliphatic hydroxyl groups is 2. The highest BCUT2D eigenvalue weighted by Gasteiger charge is 2.53. The number of aromatic nitrogens is 8. The number of hydrogen-bond acceptors (Lipinski definition) is 17. The molecule has 21 nitrogen and oxygen atoms in total. The molecule has 0 spiro atoms. The Morgan fingerprint density at radius 1 is 0.886 bits per heavy atom. The first-order valence-electron chi connectivity index (χ1n) is 13.0. The van der Waals surface area contributed by atoms with Crippen molar-refractivity contribution in [1.29, 1.82) is 0 Å². The average molecular weight is 657 g/mol. The van der Waals surface area contributed by atoms with E-state index in [9.17, 15) is 29.0 Å². The van der Waals surface area contributed by atoms with E-state index in [1.165, 1.54) is 28.1 Å². The van der Waals surface area contributed by atoms with Gasteiger partial charge in [0.1, 0.15) is 48.5 Å². The summed E-state index contributed by atoms with van der Waals surface area (Å²) in [5.74, 6) is 0.0804. The van der Waals surface area contributed by atoms with E-state index in [-0.39, 0.29) is 28.1 Å². The van der Waals surface area contributed by atoms with Crippen molar-refractivity contribution in [1.82, 2.24) is 39.0 Å². The van der Waals surface area contributed by atoms with Gasteiger partial charge in [-0.25, -0.2) is 29.5 Å². The van der Waals surface area contributed by atoms with Gasteiger partial charge in [-0.2, -0.15) is 0 Å². The Labute approximate surface area is 245 Å². The van der Waals surface area contributed by atoms with Crippen molar-refractivity contribution >= 4 is 43.6 Å². The Balaban J connectivity index is 1.20. The summed E-state index contributed by atoms with van der Waals surface area (Å²) < 4.78 is 62.9. The first-order valence-corrected chi connectivity index (χ1v) is 16.5. The van der Waals surface area contributed by atoms with Gasteiger partial charge in [-0.3, -0.25) is 32.1 Å². The number of anilines is 1. The Morgan fingerprint density at radius 2 is 1.57 bits per heavy atom. The molecule has 3 aliphatic heterocycles. The fourth-order valence-corrected chi connectivity index (χ4v) is 7.44. The van der Waals surface area contributed by atoms with Crippen LogP contribution in [0.2, 0.25) is 0 Å². The highest BCUT2D eigenvalue weighted by Crippen LogP contribution is 2.53. The summed E-state index contributed by atoms with van der Waals surface area (Å²) in [5, 5.41) is 22.3. The summed E-state index contributed by atoms with van der Waals surface area (Å²) >= 11 is 0. The standard InChI is InChI=1S/C21H25N9O12P2/c1-43(34)37-2-8-12(31)15(21(39-8)30-7-28-11-18(30)25-5-26-19(11)33)42-44(35,36)38-3-9-14(41-43)13(32)20(40-9)29-6-27-10-16(22)23-4-24-17(10)29/h4-9,12-15,20-21,31-32H,2-3H2,1H3,(H,35,36)(H2,22,23,24)(H,25,26,33)/t8?,9?,12-,13-,14-,15-,20?,21?,43?/m1/s1. The number of fused-ring (bicyclic) bond motifs is 5. The lowest BCUT2D eigenvalue weighted by Crippen LogP contribution is -2.36. The number of rotatable bonds is 2. The van der Waals surface area contributed by atoms with Gasteiger partial charge >= 0.3 is 15.4 Å². The monoisotopic (exact) mass is 657 g/mol. The molecule has 236 valence electrons. The van der Waals surface area contributed by atoms with E-state index < -0.39 is 83.3 Å². The van der Waals surface area contributed by atoms with Gasteiger partial charge in [-0.15, -0.1) is 0 Å². The zero-order chi connectivity index (χ0) is 31.0. The molecule has 3 fully saturated rings. The van der Waals surface area contributed by atoms with Crippen LogP contribution in [0.5, 0.6) is 0 Å². The largest absolute Gasteiger partial charge is 0.472 e. The second kappa shape index (κ2) is 10.7. The fraction of sp³-hybridized carbons (Fsp3) is 0.524. The molecular weight excluding hydrogens is 632 g/mol. The number of H-pyrrole nitrogens is 1. The van der Waals surface area contributed by atoms with E-state index in [0.717, 1.165) is 13.0 Å². The summed E-state index contributed by atoms with van der Waals surface area (Å²) in [5.41, 5.74) is 5.71. The van der Waals surface area contributed by atoms with Crippen LogP contribution in [0.25, 0.3) is 22.3 Å². The van der Waals surface area contributed by atoms with Gasteiger partial charge in [0.05, 0.1) is 32.2 Å². The van der Waals surface area contributed by atoms with E-state index in [4.69, 9.17) is 33.3 Å². The predicted octanol–water partition coefficient (Wildman–Crippen LogP) is -1.20. The summed E-state index contributed by atoms with van der Waals surface area (Å²) in [6.07, 6.45) is -6.54. The number of hydrogen-bond donors (Lipinski definition) is 5. The van der Waals surface area contributed by atoms with Crippen LogP contribution in [0.1, 0.15) is 12.5 Å². The topological polar surface area (TPSA) is 283 Å². The van der Waals surface area contributed by atoms with E-state index in [1.807, 2.05) is 0 Å². The third-order valence-electron chi connectivity index (χ3n) is 7.37. The molecule has 3 aliphatic rings. The number of ether oxygens (including phenoxy) is 2. The van der Waals surface area contributed by atoms with Crippen molar-refractivity contribution in [2.45, 2.75) is 49.1 Å². The molecule has 0 aromatic carbocycles. The number of nitrogens with two attached hydrogens (primary N) is 1. The van der Waals surface area contributed by atoms with Crippen LogP contribution in [-0.4, -0.2) is 111 Å². The molecule has 7 rings (SSSR count). The third kappa shape index (κ3) is 5.05. The van der Waals surface area contributed by atoms with Crippen LogP contribution in [0.4, 0.5) is 5.82 Å². The summed E-state index contributed by atoms with van der Waals surface area (Å²) in [7, 11) is -9.06. The molecule has 10 atom stereocenters. The molecule has 6 N–H and O–H groups in total. The average Bonchev–Trinajstić information content (AvgIpc) is 3.73. The summed E-state index contributed by atoms with van der Waals surface area (Å²) in [6, 6.07) is 0. The highest BCUT2D eigenvalue weighted by atomic mass is 31.2. The number of aromatic amines is 1. The van der Waals surface area contributed by atoms with Crippen LogP contribution in [0, 0.1) is 0 Å². The van der Waals surface area contributed by atoms with E-state index in [1.54, 1.807) is 0 Å². The van der Waals surface area contributed by atoms with E-state index in [2.05, 4.69) is 29.9 Å². The molecule has 0 saturated carbocycles. The highest BCUT2D eigenvalue weighted by molar-refractivity contribution is 7.53. The Kier molecular flexibility index (Phi) is 7.18. The smallest absolute Gasteiger partial charge is 0.387 e. The zero-order valence-electron chi connectivity index (χ0n) is 22.5. The van der Waals surface area contributed by atoms with Crippen molar-refractivity contribution in [3.8, 4) is 0 Å². The second-order valence-corrected chi connectivity index (χ2v) is 13.6. The lowest BCUT2D eigenvalue weighted by Gasteiger charge is -2.26. The summed E-state index contributed by atoms with van der Waals surface area (Å²) in [4.78, 5) is 45.5. The second-order valence-electron chi connectivity index (χ2n) is 10.2. The van der Waals surface area contributed by atoms with E-state index >= 15 is 0 Å². The Morgan fingerprint density at radius 3 is 2.36 bits per heavy atom. The molecule has 23 heteroatoms. The van der Waals surface area contributed by atoms with Gasteiger partial charge in [0, 0.05) is 6.66 Å². The molecule has 7 heterocycles. The molecule has 0 aliphatic carbocycles.